The standard InChI is InChI=1S/C14H18FN3O/c1-2-19-14-6-5-11(8-13(14)15)4-3-7-18-10-12(16)9-17-18/h5-6,8-10H,2-4,7,16H2,1H3. The van der Waals surface area contributed by atoms with E-state index in [2.05, 4.69) is 5.10 Å². The van der Waals surface area contributed by atoms with Gasteiger partial charge >= 0.3 is 0 Å². The Labute approximate surface area is 112 Å². The quantitative estimate of drug-likeness (QED) is 0.871. The number of halogens is 1. The molecule has 0 saturated carbocycles. The van der Waals surface area contributed by atoms with Crippen LogP contribution in [0.15, 0.2) is 30.6 Å². The van der Waals surface area contributed by atoms with Crippen molar-refractivity contribution in [3.63, 3.8) is 0 Å². The second-order valence-corrected chi connectivity index (χ2v) is 4.34. The van der Waals surface area contributed by atoms with Crippen LogP contribution < -0.4 is 10.5 Å². The summed E-state index contributed by atoms with van der Waals surface area (Å²) >= 11 is 0. The lowest BCUT2D eigenvalue weighted by molar-refractivity contribution is 0.321. The van der Waals surface area contributed by atoms with Crippen molar-refractivity contribution in [1.29, 1.82) is 0 Å². The van der Waals surface area contributed by atoms with Crippen molar-refractivity contribution in [2.45, 2.75) is 26.3 Å². The number of aromatic nitrogens is 2. The number of hydrogen-bond donors (Lipinski definition) is 1. The first-order valence-corrected chi connectivity index (χ1v) is 6.38. The molecular formula is C14H18FN3O. The number of nitrogens with zero attached hydrogens (tertiary/aromatic N) is 2. The molecule has 0 aliphatic heterocycles. The molecule has 0 aliphatic rings. The van der Waals surface area contributed by atoms with Gasteiger partial charge in [0, 0.05) is 12.7 Å². The number of benzene rings is 1. The minimum Gasteiger partial charge on any atom is -0.491 e. The van der Waals surface area contributed by atoms with Crippen LogP contribution >= 0.6 is 0 Å². The molecule has 5 heteroatoms. The van der Waals surface area contributed by atoms with Gasteiger partial charge in [-0.15, -0.1) is 0 Å². The second kappa shape index (κ2) is 6.22. The highest BCUT2D eigenvalue weighted by molar-refractivity contribution is 5.30. The molecule has 19 heavy (non-hydrogen) atoms. The van der Waals surface area contributed by atoms with Crippen LogP contribution in [0.25, 0.3) is 0 Å². The molecule has 4 nitrogen and oxygen atoms in total. The number of nitrogen functional groups attached to an aromatic ring is 1. The van der Waals surface area contributed by atoms with Crippen molar-refractivity contribution in [3.05, 3.63) is 42.0 Å². The maximum absolute atomic E-state index is 13.6. The second-order valence-electron chi connectivity index (χ2n) is 4.34. The molecule has 0 saturated heterocycles. The molecule has 1 aromatic carbocycles. The van der Waals surface area contributed by atoms with Gasteiger partial charge in [0.1, 0.15) is 0 Å². The third kappa shape index (κ3) is 3.71. The molecule has 0 spiro atoms. The molecule has 0 radical (unpaired) electrons. The summed E-state index contributed by atoms with van der Waals surface area (Å²) in [6.45, 7) is 3.08. The number of hydrogen-bond acceptors (Lipinski definition) is 3. The first-order valence-electron chi connectivity index (χ1n) is 6.38. The molecule has 2 rings (SSSR count). The summed E-state index contributed by atoms with van der Waals surface area (Å²) in [5.41, 5.74) is 7.20. The minimum absolute atomic E-state index is 0.303. The normalized spacial score (nSPS) is 10.6. The minimum atomic E-state index is -0.303. The predicted octanol–water partition coefficient (Wildman–Crippen LogP) is 2.64. The number of nitrogens with two attached hydrogens (primary N) is 1. The Bertz CT molecular complexity index is 539. The number of anilines is 1. The molecule has 1 aromatic heterocycles. The molecule has 0 atom stereocenters. The molecule has 0 aliphatic carbocycles. The predicted molar refractivity (Wildman–Crippen MR) is 72.5 cm³/mol. The molecule has 0 unspecified atom stereocenters. The highest BCUT2D eigenvalue weighted by atomic mass is 19.1. The van der Waals surface area contributed by atoms with Gasteiger partial charge in [-0.3, -0.25) is 4.68 Å². The summed E-state index contributed by atoms with van der Waals surface area (Å²) in [5, 5.41) is 4.10. The molecule has 0 amide bonds. The topological polar surface area (TPSA) is 53.1 Å². The van der Waals surface area contributed by atoms with Gasteiger partial charge in [-0.1, -0.05) is 6.07 Å². The average Bonchev–Trinajstić information content (AvgIpc) is 2.79. The summed E-state index contributed by atoms with van der Waals surface area (Å²) < 4.78 is 20.6. The van der Waals surface area contributed by atoms with E-state index in [9.17, 15) is 4.39 Å². The third-order valence-corrected chi connectivity index (χ3v) is 2.80. The van der Waals surface area contributed by atoms with Crippen LogP contribution in [0.1, 0.15) is 18.9 Å². The first kappa shape index (κ1) is 13.4. The lowest BCUT2D eigenvalue weighted by Crippen LogP contribution is -2.01. The molecular weight excluding hydrogens is 245 g/mol. The van der Waals surface area contributed by atoms with Crippen LogP contribution in [-0.4, -0.2) is 16.4 Å². The zero-order chi connectivity index (χ0) is 13.7. The number of rotatable bonds is 6. The summed E-state index contributed by atoms with van der Waals surface area (Å²) in [6, 6.07) is 5.11. The van der Waals surface area contributed by atoms with Crippen LogP contribution in [0, 0.1) is 5.82 Å². The summed E-state index contributed by atoms with van der Waals surface area (Å²) in [7, 11) is 0. The Kier molecular flexibility index (Phi) is 4.39. The fourth-order valence-corrected chi connectivity index (χ4v) is 1.92. The largest absolute Gasteiger partial charge is 0.491 e. The van der Waals surface area contributed by atoms with E-state index in [-0.39, 0.29) is 5.82 Å². The van der Waals surface area contributed by atoms with Gasteiger partial charge in [-0.25, -0.2) is 4.39 Å². The van der Waals surface area contributed by atoms with Crippen molar-refractivity contribution >= 4 is 5.69 Å². The van der Waals surface area contributed by atoms with Crippen LogP contribution in [0.5, 0.6) is 5.75 Å². The third-order valence-electron chi connectivity index (χ3n) is 2.80. The van der Waals surface area contributed by atoms with E-state index in [1.165, 1.54) is 6.07 Å². The van der Waals surface area contributed by atoms with E-state index in [1.54, 1.807) is 23.1 Å². The van der Waals surface area contributed by atoms with E-state index >= 15 is 0 Å². The van der Waals surface area contributed by atoms with Gasteiger partial charge in [0.15, 0.2) is 11.6 Å². The zero-order valence-electron chi connectivity index (χ0n) is 11.0. The maximum atomic E-state index is 13.6. The molecule has 1 heterocycles. The average molecular weight is 263 g/mol. The molecule has 102 valence electrons. The van der Waals surface area contributed by atoms with Gasteiger partial charge in [-0.2, -0.15) is 5.10 Å². The maximum Gasteiger partial charge on any atom is 0.165 e. The Balaban J connectivity index is 1.87. The van der Waals surface area contributed by atoms with Crippen molar-refractivity contribution in [1.82, 2.24) is 9.78 Å². The summed E-state index contributed by atoms with van der Waals surface area (Å²) in [4.78, 5) is 0. The van der Waals surface area contributed by atoms with Crippen LogP contribution in [0.3, 0.4) is 0 Å². The van der Waals surface area contributed by atoms with E-state index < -0.39 is 0 Å². The van der Waals surface area contributed by atoms with Crippen molar-refractivity contribution in [2.75, 3.05) is 12.3 Å². The fourth-order valence-electron chi connectivity index (χ4n) is 1.92. The molecule has 0 bridgehead atoms. The Morgan fingerprint density at radius 2 is 2.26 bits per heavy atom. The van der Waals surface area contributed by atoms with E-state index in [0.717, 1.165) is 24.9 Å². The SMILES string of the molecule is CCOc1ccc(CCCn2cc(N)cn2)cc1F. The fraction of sp³-hybridized carbons (Fsp3) is 0.357. The lowest BCUT2D eigenvalue weighted by Gasteiger charge is -2.07. The smallest absolute Gasteiger partial charge is 0.165 e. The Hall–Kier alpha value is -2.04. The van der Waals surface area contributed by atoms with E-state index in [4.69, 9.17) is 10.5 Å². The van der Waals surface area contributed by atoms with Crippen molar-refractivity contribution < 1.29 is 9.13 Å². The van der Waals surface area contributed by atoms with E-state index in [1.807, 2.05) is 13.0 Å². The zero-order valence-corrected chi connectivity index (χ0v) is 11.0. The highest BCUT2D eigenvalue weighted by Crippen LogP contribution is 2.19. The van der Waals surface area contributed by atoms with Gasteiger partial charge in [0.05, 0.1) is 18.5 Å². The van der Waals surface area contributed by atoms with Gasteiger partial charge in [0.25, 0.3) is 0 Å². The molecule has 2 aromatic rings. The molecule has 0 fully saturated rings. The summed E-state index contributed by atoms with van der Waals surface area (Å²) in [5.74, 6) is 0.00813. The monoisotopic (exact) mass is 263 g/mol. The summed E-state index contributed by atoms with van der Waals surface area (Å²) in [6.07, 6.45) is 5.09. The lowest BCUT2D eigenvalue weighted by atomic mass is 10.1. The van der Waals surface area contributed by atoms with Gasteiger partial charge in [0.2, 0.25) is 0 Å². The van der Waals surface area contributed by atoms with Gasteiger partial charge in [-0.05, 0) is 37.5 Å². The highest BCUT2D eigenvalue weighted by Gasteiger charge is 2.04. The molecule has 2 N–H and O–H groups in total. The Morgan fingerprint density at radius 1 is 1.42 bits per heavy atom. The van der Waals surface area contributed by atoms with Crippen LogP contribution in [0.4, 0.5) is 10.1 Å². The van der Waals surface area contributed by atoms with Crippen LogP contribution in [0.2, 0.25) is 0 Å². The number of aryl methyl sites for hydroxylation is 2. The van der Waals surface area contributed by atoms with E-state index in [0.29, 0.717) is 18.0 Å². The van der Waals surface area contributed by atoms with Crippen molar-refractivity contribution in [2.24, 2.45) is 0 Å². The van der Waals surface area contributed by atoms with Gasteiger partial charge < -0.3 is 10.5 Å². The first-order chi connectivity index (χ1) is 9.19. The van der Waals surface area contributed by atoms with Crippen LogP contribution in [-0.2, 0) is 13.0 Å². The number of ether oxygens (including phenoxy) is 1. The van der Waals surface area contributed by atoms with Crippen molar-refractivity contribution in [3.8, 4) is 5.75 Å². The Morgan fingerprint density at radius 3 is 2.89 bits per heavy atom.